The quantitative estimate of drug-likeness (QED) is 0.842. The van der Waals surface area contributed by atoms with Crippen LogP contribution < -0.4 is 10.2 Å². The van der Waals surface area contributed by atoms with Crippen LogP contribution in [0.1, 0.15) is 18.9 Å². The first kappa shape index (κ1) is 16.6. The van der Waals surface area contributed by atoms with Crippen LogP contribution in [0.4, 0.5) is 5.69 Å². The summed E-state index contributed by atoms with van der Waals surface area (Å²) in [5, 5.41) is 14.1. The van der Waals surface area contributed by atoms with Gasteiger partial charge in [-0.25, -0.2) is 0 Å². The van der Waals surface area contributed by atoms with Crippen molar-refractivity contribution in [3.8, 4) is 0 Å². The van der Waals surface area contributed by atoms with Gasteiger partial charge in [-0.05, 0) is 44.8 Å². The van der Waals surface area contributed by atoms with Crippen molar-refractivity contribution in [2.45, 2.75) is 32.0 Å². The number of β-amino-alcohol motifs (C(OH)–C–C–N with tert-alkyl or cyclic N) is 1. The second-order valence-electron chi connectivity index (χ2n) is 6.02. The molecule has 1 heterocycles. The highest BCUT2D eigenvalue weighted by Crippen LogP contribution is 2.33. The molecule has 1 aliphatic rings. The van der Waals surface area contributed by atoms with Crippen LogP contribution in [0.3, 0.4) is 0 Å². The van der Waals surface area contributed by atoms with E-state index in [4.69, 9.17) is 11.6 Å². The maximum absolute atomic E-state index is 9.99. The maximum atomic E-state index is 9.99. The van der Waals surface area contributed by atoms with E-state index >= 15 is 0 Å². The highest BCUT2D eigenvalue weighted by Gasteiger charge is 2.32. The van der Waals surface area contributed by atoms with Gasteiger partial charge in [-0.1, -0.05) is 24.6 Å². The SMILES string of the molecule is CCNCc1ccc(N2CC(O)CC2CN(C)C)c(Cl)c1. The number of anilines is 1. The average Bonchev–Trinajstić information content (AvgIpc) is 2.76. The fraction of sp³-hybridized carbons (Fsp3) is 0.625. The standard InChI is InChI=1S/C16H26ClN3O/c1-4-18-9-12-5-6-16(15(17)7-12)20-11-14(21)8-13(20)10-19(2)3/h5-7,13-14,18,21H,4,8-11H2,1-3H3. The zero-order valence-corrected chi connectivity index (χ0v) is 13.9. The Labute approximate surface area is 132 Å². The fourth-order valence-electron chi connectivity index (χ4n) is 2.94. The second kappa shape index (κ2) is 7.45. The summed E-state index contributed by atoms with van der Waals surface area (Å²) in [5.74, 6) is 0. The summed E-state index contributed by atoms with van der Waals surface area (Å²) in [6.07, 6.45) is 0.528. The highest BCUT2D eigenvalue weighted by molar-refractivity contribution is 6.33. The lowest BCUT2D eigenvalue weighted by atomic mass is 10.1. The van der Waals surface area contributed by atoms with E-state index in [-0.39, 0.29) is 6.10 Å². The number of benzene rings is 1. The summed E-state index contributed by atoms with van der Waals surface area (Å²) in [5.41, 5.74) is 2.22. The first-order chi connectivity index (χ1) is 10.0. The normalized spacial score (nSPS) is 22.3. The molecule has 5 heteroatoms. The number of nitrogens with zero attached hydrogens (tertiary/aromatic N) is 2. The molecule has 2 atom stereocenters. The number of aliphatic hydroxyl groups is 1. The Morgan fingerprint density at radius 2 is 2.19 bits per heavy atom. The Bertz CT molecular complexity index is 467. The topological polar surface area (TPSA) is 38.7 Å². The van der Waals surface area contributed by atoms with Crippen molar-refractivity contribution in [1.29, 1.82) is 0 Å². The summed E-state index contributed by atoms with van der Waals surface area (Å²) in [6.45, 7) is 5.45. The molecular formula is C16H26ClN3O. The van der Waals surface area contributed by atoms with Crippen LogP contribution in [0.5, 0.6) is 0 Å². The zero-order valence-electron chi connectivity index (χ0n) is 13.1. The van der Waals surface area contributed by atoms with Gasteiger partial charge < -0.3 is 20.2 Å². The van der Waals surface area contributed by atoms with Crippen molar-refractivity contribution < 1.29 is 5.11 Å². The molecule has 0 radical (unpaired) electrons. The number of halogens is 1. The molecule has 1 aromatic carbocycles. The van der Waals surface area contributed by atoms with Gasteiger partial charge in [0.2, 0.25) is 0 Å². The first-order valence-corrected chi connectivity index (χ1v) is 7.97. The van der Waals surface area contributed by atoms with Crippen molar-refractivity contribution >= 4 is 17.3 Å². The molecule has 2 N–H and O–H groups in total. The molecule has 118 valence electrons. The van der Waals surface area contributed by atoms with Gasteiger partial charge in [0.1, 0.15) is 0 Å². The zero-order chi connectivity index (χ0) is 15.4. The minimum atomic E-state index is -0.271. The van der Waals surface area contributed by atoms with Crippen LogP contribution in [0.25, 0.3) is 0 Å². The monoisotopic (exact) mass is 311 g/mol. The van der Waals surface area contributed by atoms with E-state index in [1.807, 2.05) is 6.07 Å². The van der Waals surface area contributed by atoms with Gasteiger partial charge in [0.15, 0.2) is 0 Å². The molecule has 0 aliphatic carbocycles. The molecule has 4 nitrogen and oxygen atoms in total. The van der Waals surface area contributed by atoms with Crippen LogP contribution in [-0.2, 0) is 6.54 Å². The molecule has 1 saturated heterocycles. The summed E-state index contributed by atoms with van der Waals surface area (Å²) in [7, 11) is 4.12. The van der Waals surface area contributed by atoms with E-state index < -0.39 is 0 Å². The molecule has 0 spiro atoms. The van der Waals surface area contributed by atoms with Gasteiger partial charge >= 0.3 is 0 Å². The third-order valence-corrected chi connectivity index (χ3v) is 4.17. The first-order valence-electron chi connectivity index (χ1n) is 7.59. The summed E-state index contributed by atoms with van der Waals surface area (Å²) in [6, 6.07) is 6.53. The number of rotatable bonds is 6. The Kier molecular flexibility index (Phi) is 5.88. The Balaban J connectivity index is 2.15. The smallest absolute Gasteiger partial charge is 0.0735 e. The molecule has 0 aromatic heterocycles. The molecule has 0 amide bonds. The Morgan fingerprint density at radius 3 is 2.81 bits per heavy atom. The number of aliphatic hydroxyl groups excluding tert-OH is 1. The van der Waals surface area contributed by atoms with Crippen molar-refractivity contribution in [3.05, 3.63) is 28.8 Å². The number of likely N-dealkylation sites (N-methyl/N-ethyl adjacent to an activating group) is 1. The lowest BCUT2D eigenvalue weighted by Gasteiger charge is -2.29. The molecule has 2 unspecified atom stereocenters. The summed E-state index contributed by atoms with van der Waals surface area (Å²) >= 11 is 6.47. The van der Waals surface area contributed by atoms with E-state index in [0.29, 0.717) is 12.6 Å². The van der Waals surface area contributed by atoms with Crippen LogP contribution in [0.15, 0.2) is 18.2 Å². The third-order valence-electron chi connectivity index (χ3n) is 3.87. The van der Waals surface area contributed by atoms with Gasteiger partial charge in [-0.15, -0.1) is 0 Å². The molecule has 1 fully saturated rings. The van der Waals surface area contributed by atoms with Gasteiger partial charge in [0, 0.05) is 25.7 Å². The average molecular weight is 312 g/mol. The van der Waals surface area contributed by atoms with E-state index in [0.717, 1.165) is 36.8 Å². The summed E-state index contributed by atoms with van der Waals surface area (Å²) in [4.78, 5) is 4.40. The second-order valence-corrected chi connectivity index (χ2v) is 6.43. The lowest BCUT2D eigenvalue weighted by molar-refractivity contribution is 0.191. The molecule has 0 saturated carbocycles. The number of hydrogen-bond acceptors (Lipinski definition) is 4. The van der Waals surface area contributed by atoms with Crippen molar-refractivity contribution in [1.82, 2.24) is 10.2 Å². The van der Waals surface area contributed by atoms with Crippen molar-refractivity contribution in [3.63, 3.8) is 0 Å². The van der Waals surface area contributed by atoms with E-state index in [1.54, 1.807) is 0 Å². The molecule has 1 aliphatic heterocycles. The van der Waals surface area contributed by atoms with Crippen LogP contribution in [0, 0.1) is 0 Å². The van der Waals surface area contributed by atoms with Crippen molar-refractivity contribution in [2.24, 2.45) is 0 Å². The van der Waals surface area contributed by atoms with E-state index in [2.05, 4.69) is 48.3 Å². The van der Waals surface area contributed by atoms with Gasteiger partial charge in [-0.2, -0.15) is 0 Å². The fourth-order valence-corrected chi connectivity index (χ4v) is 3.26. The van der Waals surface area contributed by atoms with Crippen LogP contribution >= 0.6 is 11.6 Å². The number of hydrogen-bond donors (Lipinski definition) is 2. The minimum Gasteiger partial charge on any atom is -0.391 e. The minimum absolute atomic E-state index is 0.271. The Hall–Kier alpha value is -0.810. The molecule has 21 heavy (non-hydrogen) atoms. The van der Waals surface area contributed by atoms with E-state index in [9.17, 15) is 5.11 Å². The van der Waals surface area contributed by atoms with Crippen LogP contribution in [-0.4, -0.2) is 55.9 Å². The van der Waals surface area contributed by atoms with Gasteiger partial charge in [0.05, 0.1) is 16.8 Å². The highest BCUT2D eigenvalue weighted by atomic mass is 35.5. The summed E-state index contributed by atoms with van der Waals surface area (Å²) < 4.78 is 0. The molecule has 2 rings (SSSR count). The third kappa shape index (κ3) is 4.33. The van der Waals surface area contributed by atoms with Crippen molar-refractivity contribution in [2.75, 3.05) is 38.6 Å². The van der Waals surface area contributed by atoms with Gasteiger partial charge in [-0.3, -0.25) is 0 Å². The largest absolute Gasteiger partial charge is 0.391 e. The predicted octanol–water partition coefficient (Wildman–Crippen LogP) is 1.95. The number of nitrogens with one attached hydrogen (secondary N) is 1. The van der Waals surface area contributed by atoms with Gasteiger partial charge in [0.25, 0.3) is 0 Å². The molecule has 0 bridgehead atoms. The molecular weight excluding hydrogens is 286 g/mol. The Morgan fingerprint density at radius 1 is 1.43 bits per heavy atom. The molecule has 1 aromatic rings. The maximum Gasteiger partial charge on any atom is 0.0735 e. The van der Waals surface area contributed by atoms with Crippen LogP contribution in [0.2, 0.25) is 5.02 Å². The lowest BCUT2D eigenvalue weighted by Crippen LogP contribution is -2.37. The van der Waals surface area contributed by atoms with E-state index in [1.165, 1.54) is 5.56 Å². The predicted molar refractivity (Wildman–Crippen MR) is 89.1 cm³/mol.